The lowest BCUT2D eigenvalue weighted by Crippen LogP contribution is -2.61. The average Bonchev–Trinajstić information content (AvgIpc) is 2.60. The fourth-order valence-electron chi connectivity index (χ4n) is 3.43. The van der Waals surface area contributed by atoms with Crippen LogP contribution < -0.4 is 15.4 Å². The van der Waals surface area contributed by atoms with E-state index >= 15 is 0 Å². The van der Waals surface area contributed by atoms with E-state index in [2.05, 4.69) is 10.6 Å². The molecule has 1 saturated carbocycles. The smallest absolute Gasteiger partial charge is 0.262 e. The molecule has 25 heavy (non-hydrogen) atoms. The van der Waals surface area contributed by atoms with Gasteiger partial charge in [-0.05, 0) is 37.3 Å². The van der Waals surface area contributed by atoms with Gasteiger partial charge in [0.15, 0.2) is 6.10 Å². The van der Waals surface area contributed by atoms with E-state index in [-0.39, 0.29) is 17.7 Å². The maximum atomic E-state index is 13.0. The van der Waals surface area contributed by atoms with Crippen molar-refractivity contribution in [2.75, 3.05) is 7.05 Å². The fraction of sp³-hybridized carbons (Fsp3) is 0.600. The predicted octanol–water partition coefficient (Wildman–Crippen LogP) is 2.96. The molecule has 0 saturated heterocycles. The molecule has 0 bridgehead atoms. The molecule has 1 atom stereocenters. The Labute approximate surface area is 150 Å². The van der Waals surface area contributed by atoms with E-state index in [1.807, 2.05) is 45.0 Å². The molecule has 1 aromatic rings. The molecule has 1 aliphatic rings. The first kappa shape index (κ1) is 19.3. The third kappa shape index (κ3) is 4.53. The van der Waals surface area contributed by atoms with Gasteiger partial charge in [0.25, 0.3) is 5.91 Å². The van der Waals surface area contributed by atoms with E-state index in [1.165, 1.54) is 0 Å². The van der Waals surface area contributed by atoms with Crippen molar-refractivity contribution in [3.63, 3.8) is 0 Å². The molecule has 0 heterocycles. The van der Waals surface area contributed by atoms with Gasteiger partial charge in [-0.1, -0.05) is 51.3 Å². The lowest BCUT2D eigenvalue weighted by atomic mass is 9.80. The van der Waals surface area contributed by atoms with Gasteiger partial charge in [-0.25, -0.2) is 0 Å². The van der Waals surface area contributed by atoms with Crippen LogP contribution in [0.25, 0.3) is 0 Å². The summed E-state index contributed by atoms with van der Waals surface area (Å²) in [6.45, 7) is 5.86. The Morgan fingerprint density at radius 2 is 1.76 bits per heavy atom. The van der Waals surface area contributed by atoms with Gasteiger partial charge in [0, 0.05) is 7.05 Å². The van der Waals surface area contributed by atoms with Crippen molar-refractivity contribution in [1.82, 2.24) is 10.6 Å². The summed E-state index contributed by atoms with van der Waals surface area (Å²) in [5.74, 6) is 0.363. The van der Waals surface area contributed by atoms with E-state index in [9.17, 15) is 9.59 Å². The molecule has 5 nitrogen and oxygen atoms in total. The number of amides is 2. The number of nitrogens with one attached hydrogen (secondary N) is 2. The highest BCUT2D eigenvalue weighted by molar-refractivity contribution is 5.93. The second-order valence-corrected chi connectivity index (χ2v) is 7.26. The Hall–Kier alpha value is -2.04. The second kappa shape index (κ2) is 8.37. The minimum atomic E-state index is -0.813. The molecule has 2 N–H and O–H groups in total. The van der Waals surface area contributed by atoms with Crippen molar-refractivity contribution >= 4 is 11.8 Å². The molecule has 0 spiro atoms. The lowest BCUT2D eigenvalue weighted by Gasteiger charge is -2.37. The van der Waals surface area contributed by atoms with E-state index in [0.29, 0.717) is 18.6 Å². The number of carbonyl (C=O) groups excluding carboxylic acids is 2. The molecule has 1 aromatic carbocycles. The maximum Gasteiger partial charge on any atom is 0.262 e. The van der Waals surface area contributed by atoms with Crippen molar-refractivity contribution in [2.45, 2.75) is 64.5 Å². The van der Waals surface area contributed by atoms with Gasteiger partial charge in [0.2, 0.25) is 5.91 Å². The van der Waals surface area contributed by atoms with Gasteiger partial charge in [0.05, 0.1) is 0 Å². The van der Waals surface area contributed by atoms with E-state index in [1.54, 1.807) is 7.05 Å². The van der Waals surface area contributed by atoms with Gasteiger partial charge in [0.1, 0.15) is 11.3 Å². The zero-order valence-corrected chi connectivity index (χ0v) is 15.7. The average molecular weight is 346 g/mol. The summed E-state index contributed by atoms with van der Waals surface area (Å²) in [6, 6.07) is 7.66. The molecule has 1 aliphatic carbocycles. The van der Waals surface area contributed by atoms with Crippen LogP contribution in [0.2, 0.25) is 0 Å². The summed E-state index contributed by atoms with van der Waals surface area (Å²) < 4.78 is 6.02. The standard InChI is InChI=1S/C20H30N2O3/c1-14(2)17(25-16-11-7-6-10-15(16)3)18(23)22-20(19(24)21-4)12-8-5-9-13-20/h6-7,10-11,14,17H,5,8-9,12-13H2,1-4H3,(H,21,24)(H,22,23)/t17-/m1/s1. The zero-order chi connectivity index (χ0) is 18.4. The van der Waals surface area contributed by atoms with Crippen LogP contribution in [0, 0.1) is 12.8 Å². The largest absolute Gasteiger partial charge is 0.480 e. The first-order chi connectivity index (χ1) is 11.9. The highest BCUT2D eigenvalue weighted by atomic mass is 16.5. The number of aryl methyl sites for hydroxylation is 1. The monoisotopic (exact) mass is 346 g/mol. The van der Waals surface area contributed by atoms with Crippen LogP contribution in [0.3, 0.4) is 0 Å². The number of likely N-dealkylation sites (N-methyl/N-ethyl adjacent to an activating group) is 1. The summed E-state index contributed by atoms with van der Waals surface area (Å²) in [7, 11) is 1.62. The van der Waals surface area contributed by atoms with E-state index < -0.39 is 11.6 Å². The number of rotatable bonds is 6. The number of hydrogen-bond donors (Lipinski definition) is 2. The van der Waals surface area contributed by atoms with Gasteiger partial charge >= 0.3 is 0 Å². The number of hydrogen-bond acceptors (Lipinski definition) is 3. The lowest BCUT2D eigenvalue weighted by molar-refractivity contribution is -0.139. The highest BCUT2D eigenvalue weighted by Crippen LogP contribution is 2.29. The maximum absolute atomic E-state index is 13.0. The predicted molar refractivity (Wildman–Crippen MR) is 98.5 cm³/mol. The van der Waals surface area contributed by atoms with Crippen LogP contribution in [0.15, 0.2) is 24.3 Å². The second-order valence-electron chi connectivity index (χ2n) is 7.26. The topological polar surface area (TPSA) is 67.4 Å². The Kier molecular flexibility index (Phi) is 6.45. The van der Waals surface area contributed by atoms with Gasteiger partial charge < -0.3 is 15.4 Å². The Balaban J connectivity index is 2.18. The van der Waals surface area contributed by atoms with Crippen LogP contribution in [0.4, 0.5) is 0 Å². The van der Waals surface area contributed by atoms with Crippen LogP contribution in [0.1, 0.15) is 51.5 Å². The molecule has 2 amide bonds. The minimum Gasteiger partial charge on any atom is -0.480 e. The summed E-state index contributed by atoms with van der Waals surface area (Å²) in [6.07, 6.45) is 3.70. The number of para-hydroxylation sites is 1. The van der Waals surface area contributed by atoms with Crippen molar-refractivity contribution in [2.24, 2.45) is 5.92 Å². The van der Waals surface area contributed by atoms with Crippen molar-refractivity contribution in [3.05, 3.63) is 29.8 Å². The highest BCUT2D eigenvalue weighted by Gasteiger charge is 2.42. The van der Waals surface area contributed by atoms with Crippen LogP contribution in [-0.4, -0.2) is 30.5 Å². The quantitative estimate of drug-likeness (QED) is 0.832. The van der Waals surface area contributed by atoms with Gasteiger partial charge in [-0.15, -0.1) is 0 Å². The molecule has 1 fully saturated rings. The van der Waals surface area contributed by atoms with E-state index in [4.69, 9.17) is 4.74 Å². The summed E-state index contributed by atoms with van der Waals surface area (Å²) >= 11 is 0. The molecule has 0 unspecified atom stereocenters. The first-order valence-corrected chi connectivity index (χ1v) is 9.16. The van der Waals surface area contributed by atoms with Crippen molar-refractivity contribution in [3.8, 4) is 5.75 Å². The molecule has 2 rings (SSSR count). The third-order valence-electron chi connectivity index (χ3n) is 4.94. The van der Waals surface area contributed by atoms with Crippen LogP contribution in [0.5, 0.6) is 5.75 Å². The van der Waals surface area contributed by atoms with E-state index in [0.717, 1.165) is 24.8 Å². The summed E-state index contributed by atoms with van der Waals surface area (Å²) in [5, 5.41) is 5.74. The van der Waals surface area contributed by atoms with Crippen molar-refractivity contribution < 1.29 is 14.3 Å². The zero-order valence-electron chi connectivity index (χ0n) is 15.7. The normalized spacial score (nSPS) is 17.6. The third-order valence-corrected chi connectivity index (χ3v) is 4.94. The van der Waals surface area contributed by atoms with Gasteiger partial charge in [-0.2, -0.15) is 0 Å². The number of carbonyl (C=O) groups is 2. The fourth-order valence-corrected chi connectivity index (χ4v) is 3.43. The molecular weight excluding hydrogens is 316 g/mol. The summed E-state index contributed by atoms with van der Waals surface area (Å²) in [4.78, 5) is 25.4. The molecule has 0 radical (unpaired) electrons. The Morgan fingerprint density at radius 1 is 1.12 bits per heavy atom. The Bertz CT molecular complexity index is 607. The summed E-state index contributed by atoms with van der Waals surface area (Å²) in [5.41, 5.74) is 0.173. The van der Waals surface area contributed by atoms with Crippen molar-refractivity contribution in [1.29, 1.82) is 0 Å². The van der Waals surface area contributed by atoms with Crippen LogP contribution in [-0.2, 0) is 9.59 Å². The molecule has 0 aliphatic heterocycles. The minimum absolute atomic E-state index is 0.00932. The number of benzene rings is 1. The first-order valence-electron chi connectivity index (χ1n) is 9.16. The molecular formula is C20H30N2O3. The molecule has 0 aromatic heterocycles. The van der Waals surface area contributed by atoms with Crippen LogP contribution >= 0.6 is 0 Å². The SMILES string of the molecule is CNC(=O)C1(NC(=O)[C@H](Oc2ccccc2C)C(C)C)CCCCC1. The number of ether oxygens (including phenoxy) is 1. The van der Waals surface area contributed by atoms with Gasteiger partial charge in [-0.3, -0.25) is 9.59 Å². The Morgan fingerprint density at radius 3 is 2.32 bits per heavy atom. The molecule has 138 valence electrons. The molecule has 5 heteroatoms.